The first-order chi connectivity index (χ1) is 18.6. The molecule has 0 N–H and O–H groups in total. The quantitative estimate of drug-likeness (QED) is 0.301. The zero-order chi connectivity index (χ0) is 28.4. The summed E-state index contributed by atoms with van der Waals surface area (Å²) in [5, 5.41) is 2.11. The molecule has 3 aliphatic heterocycles. The number of hydroxylamine groups is 2. The normalized spacial score (nSPS) is 36.1. The number of carbonyl (C=O) groups is 2. The van der Waals surface area contributed by atoms with Crippen LogP contribution in [0.2, 0.25) is 0 Å². The minimum atomic E-state index is -1.21. The van der Waals surface area contributed by atoms with Gasteiger partial charge in [-0.25, -0.2) is 9.59 Å². The largest absolute Gasteiger partial charge is 0.491 e. The van der Waals surface area contributed by atoms with E-state index in [1.54, 1.807) is 0 Å². The third-order valence-corrected chi connectivity index (χ3v) is 8.82. The minimum Gasteiger partial charge on any atom is -0.491 e. The third kappa shape index (κ3) is 5.81. The molecule has 39 heavy (non-hydrogen) atoms. The molecular formula is C29H43NO9. The molecule has 6 unspecified atom stereocenters. The van der Waals surface area contributed by atoms with E-state index >= 15 is 0 Å². The van der Waals surface area contributed by atoms with Crippen molar-refractivity contribution in [2.45, 2.75) is 95.5 Å². The number of epoxide rings is 1. The summed E-state index contributed by atoms with van der Waals surface area (Å²) in [5.41, 5.74) is 0.107. The fourth-order valence-electron chi connectivity index (χ4n) is 5.85. The highest BCUT2D eigenvalue weighted by atomic mass is 16.8. The second-order valence-corrected chi connectivity index (χ2v) is 11.2. The Bertz CT molecular complexity index is 989. The van der Waals surface area contributed by atoms with Gasteiger partial charge in [-0.3, -0.25) is 4.84 Å². The van der Waals surface area contributed by atoms with Gasteiger partial charge in [0.05, 0.1) is 33.0 Å². The van der Waals surface area contributed by atoms with Crippen LogP contribution in [0, 0.1) is 5.92 Å². The smallest absolute Gasteiger partial charge is 0.338 e. The molecule has 4 rings (SSSR count). The Morgan fingerprint density at radius 1 is 1.00 bits per heavy atom. The predicted octanol–water partition coefficient (Wildman–Crippen LogP) is 3.44. The fraction of sp³-hybridized carbons (Fsp3) is 0.724. The highest BCUT2D eigenvalue weighted by molar-refractivity contribution is 5.86. The van der Waals surface area contributed by atoms with Crippen LogP contribution < -0.4 is 4.74 Å². The number of benzene rings is 1. The fourth-order valence-corrected chi connectivity index (χ4v) is 5.85. The molecule has 0 amide bonds. The maximum Gasteiger partial charge on any atom is 0.338 e. The Morgan fingerprint density at radius 2 is 1.59 bits per heavy atom. The number of hydrogen-bond donors (Lipinski definition) is 0. The average Bonchev–Trinajstić information content (AvgIpc) is 3.71. The SMILES string of the molecule is CCC1(C)CC2(OC(C(=O)OC)C(C(=O)OC)O2)C(C)C(C)(CC)N1OCCc1ccc(OCC2CO2)cc1. The molecule has 3 saturated heterocycles. The first-order valence-corrected chi connectivity index (χ1v) is 13.8. The van der Waals surface area contributed by atoms with Crippen molar-refractivity contribution in [3.8, 4) is 5.75 Å². The average molecular weight is 550 g/mol. The van der Waals surface area contributed by atoms with Gasteiger partial charge in [-0.1, -0.05) is 32.9 Å². The maximum absolute atomic E-state index is 12.6. The molecule has 10 heteroatoms. The molecule has 10 nitrogen and oxygen atoms in total. The Balaban J connectivity index is 1.50. The van der Waals surface area contributed by atoms with E-state index in [0.717, 1.165) is 37.2 Å². The van der Waals surface area contributed by atoms with E-state index in [1.807, 2.05) is 19.1 Å². The van der Waals surface area contributed by atoms with Gasteiger partial charge in [-0.2, -0.15) is 5.06 Å². The topological polar surface area (TPSA) is 105 Å². The van der Waals surface area contributed by atoms with Crippen LogP contribution in [-0.2, 0) is 44.5 Å². The van der Waals surface area contributed by atoms with Crippen molar-refractivity contribution in [1.29, 1.82) is 0 Å². The van der Waals surface area contributed by atoms with Crippen molar-refractivity contribution in [2.75, 3.05) is 34.0 Å². The summed E-state index contributed by atoms with van der Waals surface area (Å²) < 4.78 is 33.5. The van der Waals surface area contributed by atoms with Crippen molar-refractivity contribution in [2.24, 2.45) is 5.92 Å². The summed E-state index contributed by atoms with van der Waals surface area (Å²) in [4.78, 5) is 31.7. The van der Waals surface area contributed by atoms with Crippen LogP contribution in [0.1, 0.15) is 59.4 Å². The Kier molecular flexibility index (Phi) is 8.92. The van der Waals surface area contributed by atoms with Crippen LogP contribution in [-0.4, -0.2) is 86.2 Å². The first-order valence-electron chi connectivity index (χ1n) is 13.8. The second-order valence-electron chi connectivity index (χ2n) is 11.2. The summed E-state index contributed by atoms with van der Waals surface area (Å²) in [7, 11) is 2.53. The van der Waals surface area contributed by atoms with Crippen molar-refractivity contribution < 1.29 is 42.8 Å². The number of rotatable bonds is 11. The molecule has 1 aromatic carbocycles. The van der Waals surface area contributed by atoms with Gasteiger partial charge < -0.3 is 28.4 Å². The van der Waals surface area contributed by atoms with E-state index < -0.39 is 41.0 Å². The van der Waals surface area contributed by atoms with Crippen molar-refractivity contribution in [1.82, 2.24) is 5.06 Å². The van der Waals surface area contributed by atoms with Crippen LogP contribution in [0.4, 0.5) is 0 Å². The number of esters is 2. The van der Waals surface area contributed by atoms with Gasteiger partial charge in [-0.15, -0.1) is 0 Å². The van der Waals surface area contributed by atoms with Crippen molar-refractivity contribution in [3.05, 3.63) is 29.8 Å². The van der Waals surface area contributed by atoms with Crippen LogP contribution in [0.5, 0.6) is 5.75 Å². The van der Waals surface area contributed by atoms with Gasteiger partial charge in [0.1, 0.15) is 18.5 Å². The maximum atomic E-state index is 12.6. The molecule has 6 atom stereocenters. The highest BCUT2D eigenvalue weighted by Gasteiger charge is 2.67. The Hall–Kier alpha value is -2.24. The van der Waals surface area contributed by atoms with E-state index in [0.29, 0.717) is 19.6 Å². The first kappa shape index (κ1) is 29.7. The molecule has 3 aliphatic rings. The van der Waals surface area contributed by atoms with E-state index in [1.165, 1.54) is 14.2 Å². The van der Waals surface area contributed by atoms with E-state index in [2.05, 4.69) is 44.9 Å². The van der Waals surface area contributed by atoms with Gasteiger partial charge >= 0.3 is 11.9 Å². The number of hydrogen-bond acceptors (Lipinski definition) is 10. The zero-order valence-electron chi connectivity index (χ0n) is 24.2. The molecular weight excluding hydrogens is 506 g/mol. The van der Waals surface area contributed by atoms with Gasteiger partial charge in [0.2, 0.25) is 0 Å². The minimum absolute atomic E-state index is 0.225. The summed E-state index contributed by atoms with van der Waals surface area (Å²) in [6.45, 7) is 12.3. The lowest BCUT2D eigenvalue weighted by Gasteiger charge is -2.61. The summed E-state index contributed by atoms with van der Waals surface area (Å²) in [5.74, 6) is -1.96. The number of nitrogens with zero attached hydrogens (tertiary/aromatic N) is 1. The number of methoxy groups -OCH3 is 2. The van der Waals surface area contributed by atoms with Crippen LogP contribution >= 0.6 is 0 Å². The molecule has 0 radical (unpaired) electrons. The molecule has 1 spiro atoms. The highest BCUT2D eigenvalue weighted by Crippen LogP contribution is 2.55. The Morgan fingerprint density at radius 3 is 2.08 bits per heavy atom. The molecule has 3 fully saturated rings. The lowest BCUT2D eigenvalue weighted by atomic mass is 9.67. The standard InChI is InChI=1S/C29H43NO9/c1-8-27(4)18-29(38-23(25(31)33-6)24(39-29)26(32)34-7)19(3)28(5,9-2)30(27)37-15-14-20-10-12-21(13-11-20)35-16-22-17-36-22/h10-13,19,22-24H,8-9,14-18H2,1-7H3. The van der Waals surface area contributed by atoms with Gasteiger partial charge in [0.25, 0.3) is 0 Å². The molecule has 0 aromatic heterocycles. The van der Waals surface area contributed by atoms with Crippen LogP contribution in [0.25, 0.3) is 0 Å². The van der Waals surface area contributed by atoms with Crippen LogP contribution in [0.3, 0.4) is 0 Å². The molecule has 0 bridgehead atoms. The van der Waals surface area contributed by atoms with E-state index in [4.69, 9.17) is 33.3 Å². The third-order valence-electron chi connectivity index (χ3n) is 8.82. The summed E-state index contributed by atoms with van der Waals surface area (Å²) >= 11 is 0. The van der Waals surface area contributed by atoms with Crippen molar-refractivity contribution in [3.63, 3.8) is 0 Å². The monoisotopic (exact) mass is 549 g/mol. The van der Waals surface area contributed by atoms with E-state index in [-0.39, 0.29) is 12.0 Å². The molecule has 1 aromatic rings. The lowest BCUT2D eigenvalue weighted by molar-refractivity contribution is -0.369. The van der Waals surface area contributed by atoms with Gasteiger partial charge in [0.15, 0.2) is 18.0 Å². The zero-order valence-corrected chi connectivity index (χ0v) is 24.2. The van der Waals surface area contributed by atoms with Gasteiger partial charge in [0, 0.05) is 17.9 Å². The summed E-state index contributed by atoms with van der Waals surface area (Å²) in [6, 6.07) is 8.05. The molecule has 0 saturated carbocycles. The van der Waals surface area contributed by atoms with Crippen LogP contribution in [0.15, 0.2) is 24.3 Å². The number of piperidine rings is 1. The molecule has 0 aliphatic carbocycles. The van der Waals surface area contributed by atoms with Crippen molar-refractivity contribution >= 4 is 11.9 Å². The summed E-state index contributed by atoms with van der Waals surface area (Å²) in [6.07, 6.45) is 0.385. The number of carbonyl (C=O) groups excluding carboxylic acids is 2. The van der Waals surface area contributed by atoms with Gasteiger partial charge in [-0.05, 0) is 50.8 Å². The number of ether oxygens (including phenoxy) is 6. The van der Waals surface area contributed by atoms with E-state index in [9.17, 15) is 9.59 Å². The second kappa shape index (κ2) is 11.7. The Labute approximate surface area is 231 Å². The predicted molar refractivity (Wildman–Crippen MR) is 141 cm³/mol. The lowest BCUT2D eigenvalue weighted by Crippen LogP contribution is -2.71. The molecule has 218 valence electrons. The molecule has 3 heterocycles.